The molecule has 1 amide bonds. The molecule has 3 heterocycles. The number of carbonyl (C=O) groups excluding carboxylic acids is 1. The van der Waals surface area contributed by atoms with Gasteiger partial charge in [0.15, 0.2) is 0 Å². The molecule has 1 aliphatic rings. The summed E-state index contributed by atoms with van der Waals surface area (Å²) < 4.78 is 0. The van der Waals surface area contributed by atoms with E-state index in [0.717, 1.165) is 42.8 Å². The molecule has 2 aromatic rings. The quantitative estimate of drug-likeness (QED) is 0.904. The van der Waals surface area contributed by atoms with Crippen LogP contribution in [0.4, 0.5) is 0 Å². The minimum Gasteiger partial charge on any atom is -0.353 e. The van der Waals surface area contributed by atoms with Gasteiger partial charge in [-0.05, 0) is 50.9 Å². The fourth-order valence-corrected chi connectivity index (χ4v) is 3.41. The number of amides is 1. The first-order valence-electron chi connectivity index (χ1n) is 8.85. The molecular formula is C19H25N5O. The van der Waals surface area contributed by atoms with Crippen molar-refractivity contribution in [2.45, 2.75) is 38.6 Å². The van der Waals surface area contributed by atoms with Gasteiger partial charge in [-0.15, -0.1) is 0 Å². The lowest BCUT2D eigenvalue weighted by Gasteiger charge is -2.32. The Kier molecular flexibility index (Phi) is 5.71. The van der Waals surface area contributed by atoms with E-state index in [0.29, 0.717) is 12.5 Å². The number of nitrogens with one attached hydrogen (secondary N) is 1. The van der Waals surface area contributed by atoms with Gasteiger partial charge < -0.3 is 5.32 Å². The lowest BCUT2D eigenvalue weighted by atomic mass is 9.90. The molecule has 3 rings (SSSR count). The highest BCUT2D eigenvalue weighted by atomic mass is 16.2. The van der Waals surface area contributed by atoms with Crippen LogP contribution in [0.1, 0.15) is 38.3 Å². The molecular weight excluding hydrogens is 314 g/mol. The highest BCUT2D eigenvalue weighted by Crippen LogP contribution is 2.32. The first-order chi connectivity index (χ1) is 12.1. The maximum atomic E-state index is 12.1. The van der Waals surface area contributed by atoms with Gasteiger partial charge in [0.1, 0.15) is 6.33 Å². The SMILES string of the molecule is CC(C)NC(=O)CN1CCCC(c2ncncc2-c2ccncc2)C1. The third-order valence-electron chi connectivity index (χ3n) is 4.44. The average molecular weight is 339 g/mol. The fraction of sp³-hybridized carbons (Fsp3) is 0.474. The lowest BCUT2D eigenvalue weighted by Crippen LogP contribution is -2.43. The highest BCUT2D eigenvalue weighted by molar-refractivity contribution is 5.78. The normalized spacial score (nSPS) is 18.3. The zero-order valence-corrected chi connectivity index (χ0v) is 14.9. The van der Waals surface area contributed by atoms with Crippen molar-refractivity contribution in [3.63, 3.8) is 0 Å². The number of nitrogens with zero attached hydrogens (tertiary/aromatic N) is 4. The Morgan fingerprint density at radius 2 is 2.12 bits per heavy atom. The molecule has 0 spiro atoms. The molecule has 1 saturated heterocycles. The van der Waals surface area contributed by atoms with Gasteiger partial charge in [-0.1, -0.05) is 0 Å². The van der Waals surface area contributed by atoms with E-state index in [1.54, 1.807) is 18.7 Å². The Bertz CT molecular complexity index is 704. The average Bonchev–Trinajstić information content (AvgIpc) is 2.62. The largest absolute Gasteiger partial charge is 0.353 e. The van der Waals surface area contributed by atoms with Gasteiger partial charge in [-0.2, -0.15) is 0 Å². The summed E-state index contributed by atoms with van der Waals surface area (Å²) in [6.45, 7) is 6.22. The Morgan fingerprint density at radius 3 is 2.88 bits per heavy atom. The minimum absolute atomic E-state index is 0.0905. The van der Waals surface area contributed by atoms with Crippen molar-refractivity contribution < 1.29 is 4.79 Å². The van der Waals surface area contributed by atoms with Gasteiger partial charge in [-0.3, -0.25) is 14.7 Å². The Labute approximate surface area is 148 Å². The van der Waals surface area contributed by atoms with Crippen molar-refractivity contribution in [3.05, 3.63) is 42.7 Å². The summed E-state index contributed by atoms with van der Waals surface area (Å²) in [6.07, 6.45) is 9.22. The first kappa shape index (κ1) is 17.5. The number of piperidine rings is 1. The molecule has 0 saturated carbocycles. The molecule has 1 aliphatic heterocycles. The van der Waals surface area contributed by atoms with E-state index in [1.165, 1.54) is 0 Å². The van der Waals surface area contributed by atoms with E-state index >= 15 is 0 Å². The Hall–Kier alpha value is -2.34. The number of hydrogen-bond donors (Lipinski definition) is 1. The molecule has 1 N–H and O–H groups in total. The molecule has 0 aromatic carbocycles. The second-order valence-electron chi connectivity index (χ2n) is 6.85. The van der Waals surface area contributed by atoms with Gasteiger partial charge in [0.05, 0.1) is 12.2 Å². The highest BCUT2D eigenvalue weighted by Gasteiger charge is 2.26. The molecule has 132 valence electrons. The van der Waals surface area contributed by atoms with Crippen molar-refractivity contribution in [1.82, 2.24) is 25.2 Å². The summed E-state index contributed by atoms with van der Waals surface area (Å²) in [5.74, 6) is 0.402. The van der Waals surface area contributed by atoms with Crippen molar-refractivity contribution >= 4 is 5.91 Å². The number of rotatable bonds is 5. The van der Waals surface area contributed by atoms with Crippen LogP contribution in [-0.2, 0) is 4.79 Å². The van der Waals surface area contributed by atoms with Crippen LogP contribution in [-0.4, -0.2) is 51.4 Å². The van der Waals surface area contributed by atoms with Crippen LogP contribution in [0.2, 0.25) is 0 Å². The molecule has 1 unspecified atom stereocenters. The van der Waals surface area contributed by atoms with Crippen LogP contribution >= 0.6 is 0 Å². The minimum atomic E-state index is 0.0905. The number of carbonyl (C=O) groups is 1. The zero-order valence-electron chi connectivity index (χ0n) is 14.9. The predicted octanol–water partition coefficient (Wildman–Crippen LogP) is 2.24. The van der Waals surface area contributed by atoms with Gasteiger partial charge >= 0.3 is 0 Å². The van der Waals surface area contributed by atoms with Crippen LogP contribution in [0.5, 0.6) is 0 Å². The van der Waals surface area contributed by atoms with E-state index in [-0.39, 0.29) is 11.9 Å². The zero-order chi connectivity index (χ0) is 17.6. The summed E-state index contributed by atoms with van der Waals surface area (Å²) >= 11 is 0. The fourth-order valence-electron chi connectivity index (χ4n) is 3.41. The van der Waals surface area contributed by atoms with Gasteiger partial charge in [-0.25, -0.2) is 9.97 Å². The summed E-state index contributed by atoms with van der Waals surface area (Å²) in [7, 11) is 0. The molecule has 6 heteroatoms. The summed E-state index contributed by atoms with van der Waals surface area (Å²) in [4.78, 5) is 27.2. The van der Waals surface area contributed by atoms with Crippen LogP contribution in [0.25, 0.3) is 11.1 Å². The van der Waals surface area contributed by atoms with Crippen molar-refractivity contribution in [2.75, 3.05) is 19.6 Å². The van der Waals surface area contributed by atoms with Crippen molar-refractivity contribution in [3.8, 4) is 11.1 Å². The standard InChI is InChI=1S/C19H25N5O/c1-14(2)23-18(25)12-24-9-3-4-16(11-24)19-17(10-21-13-22-19)15-5-7-20-8-6-15/h5-8,10,13-14,16H,3-4,9,11-12H2,1-2H3,(H,23,25). The second kappa shape index (κ2) is 8.16. The van der Waals surface area contributed by atoms with Crippen LogP contribution in [0.15, 0.2) is 37.1 Å². The second-order valence-corrected chi connectivity index (χ2v) is 6.85. The van der Waals surface area contributed by atoms with E-state index in [9.17, 15) is 4.79 Å². The third kappa shape index (κ3) is 4.60. The molecule has 1 atom stereocenters. The molecule has 25 heavy (non-hydrogen) atoms. The van der Waals surface area contributed by atoms with E-state index in [1.807, 2.05) is 32.2 Å². The van der Waals surface area contributed by atoms with E-state index < -0.39 is 0 Å². The van der Waals surface area contributed by atoms with Crippen LogP contribution < -0.4 is 5.32 Å². The van der Waals surface area contributed by atoms with Gasteiger partial charge in [0.25, 0.3) is 0 Å². The van der Waals surface area contributed by atoms with Gasteiger partial charge in [0.2, 0.25) is 5.91 Å². The van der Waals surface area contributed by atoms with E-state index in [4.69, 9.17) is 0 Å². The summed E-state index contributed by atoms with van der Waals surface area (Å²) in [6, 6.07) is 4.14. The maximum Gasteiger partial charge on any atom is 0.234 e. The topological polar surface area (TPSA) is 71.0 Å². The third-order valence-corrected chi connectivity index (χ3v) is 4.44. The first-order valence-corrected chi connectivity index (χ1v) is 8.85. The van der Waals surface area contributed by atoms with Gasteiger partial charge in [0, 0.05) is 42.7 Å². The van der Waals surface area contributed by atoms with Crippen molar-refractivity contribution in [2.24, 2.45) is 0 Å². The van der Waals surface area contributed by atoms with Crippen LogP contribution in [0.3, 0.4) is 0 Å². The molecule has 0 radical (unpaired) electrons. The smallest absolute Gasteiger partial charge is 0.234 e. The monoisotopic (exact) mass is 339 g/mol. The Balaban J connectivity index is 1.75. The predicted molar refractivity (Wildman–Crippen MR) is 97.0 cm³/mol. The number of likely N-dealkylation sites (tertiary alicyclic amines) is 1. The van der Waals surface area contributed by atoms with Crippen LogP contribution in [0, 0.1) is 0 Å². The number of pyridine rings is 1. The summed E-state index contributed by atoms with van der Waals surface area (Å²) in [5.41, 5.74) is 3.21. The lowest BCUT2D eigenvalue weighted by molar-refractivity contribution is -0.123. The molecule has 0 bridgehead atoms. The molecule has 2 aromatic heterocycles. The number of aromatic nitrogens is 3. The molecule has 6 nitrogen and oxygen atoms in total. The van der Waals surface area contributed by atoms with Crippen molar-refractivity contribution in [1.29, 1.82) is 0 Å². The number of hydrogen-bond acceptors (Lipinski definition) is 5. The molecule has 1 fully saturated rings. The Morgan fingerprint density at radius 1 is 1.32 bits per heavy atom. The van der Waals surface area contributed by atoms with E-state index in [2.05, 4.69) is 25.2 Å². The maximum absolute atomic E-state index is 12.1. The summed E-state index contributed by atoms with van der Waals surface area (Å²) in [5, 5.41) is 2.97. The molecule has 0 aliphatic carbocycles.